The average Bonchev–Trinajstić information content (AvgIpc) is 3.31. The van der Waals surface area contributed by atoms with Gasteiger partial charge in [-0.3, -0.25) is 9.52 Å². The van der Waals surface area contributed by atoms with Crippen LogP contribution in [-0.4, -0.2) is 24.1 Å². The van der Waals surface area contributed by atoms with Gasteiger partial charge in [0.05, 0.1) is 16.0 Å². The molecule has 6 rings (SSSR count). The first kappa shape index (κ1) is 18.6. The van der Waals surface area contributed by atoms with Gasteiger partial charge in [-0.25, -0.2) is 13.1 Å². The van der Waals surface area contributed by atoms with Gasteiger partial charge in [0, 0.05) is 23.8 Å². The van der Waals surface area contributed by atoms with Crippen LogP contribution in [0.2, 0.25) is 0 Å². The molecule has 7 nitrogen and oxygen atoms in total. The van der Waals surface area contributed by atoms with Crippen LogP contribution in [-0.2, 0) is 20.2 Å². The van der Waals surface area contributed by atoms with Crippen LogP contribution >= 0.6 is 0 Å². The molecule has 0 saturated heterocycles. The van der Waals surface area contributed by atoms with Crippen molar-refractivity contribution in [1.29, 1.82) is 0 Å². The van der Waals surface area contributed by atoms with Gasteiger partial charge < -0.3 is 5.32 Å². The normalized spacial score (nSPS) is 19.0. The summed E-state index contributed by atoms with van der Waals surface area (Å²) in [5.74, 6) is 0.444. The zero-order valence-corrected chi connectivity index (χ0v) is 17.7. The number of aromatic nitrogens is 2. The van der Waals surface area contributed by atoms with Gasteiger partial charge in [0.2, 0.25) is 5.91 Å². The third-order valence-electron chi connectivity index (χ3n) is 6.73. The zero-order chi connectivity index (χ0) is 21.2. The molecule has 2 saturated carbocycles. The monoisotopic (exact) mass is 434 g/mol. The van der Waals surface area contributed by atoms with Crippen LogP contribution in [0.15, 0.2) is 59.8 Å². The minimum Gasteiger partial charge on any atom is -0.325 e. The van der Waals surface area contributed by atoms with E-state index in [4.69, 9.17) is 0 Å². The molecule has 1 aromatic heterocycles. The standard InChI is InChI=1S/C23H22N4O3S/c28-22-23(8-2-9-23)20-13-16(12-19(15-6-7-15)21(20)25-22)26-31(29,30)18-5-1-4-17(14-18)27-11-3-10-24-27/h1,3-5,10-15,26H,2,6-9H2,(H,25,28). The van der Waals surface area contributed by atoms with E-state index < -0.39 is 15.4 Å². The van der Waals surface area contributed by atoms with E-state index in [-0.39, 0.29) is 10.8 Å². The Bertz CT molecular complexity index is 1310. The van der Waals surface area contributed by atoms with E-state index in [1.54, 1.807) is 41.3 Å². The van der Waals surface area contributed by atoms with Gasteiger partial charge >= 0.3 is 0 Å². The molecule has 0 atom stereocenters. The SMILES string of the molecule is O=C1Nc2c(C3CC3)cc(NS(=O)(=O)c3cccc(-n4cccn4)c3)cc2C12CCC2. The molecule has 2 aliphatic carbocycles. The van der Waals surface area contributed by atoms with E-state index in [0.717, 1.165) is 48.9 Å². The molecule has 2 N–H and O–H groups in total. The number of carbonyl (C=O) groups is 1. The Morgan fingerprint density at radius 1 is 1.13 bits per heavy atom. The molecule has 0 unspecified atom stereocenters. The quantitative estimate of drug-likeness (QED) is 0.636. The average molecular weight is 435 g/mol. The number of sulfonamides is 1. The highest BCUT2D eigenvalue weighted by molar-refractivity contribution is 7.92. The molecule has 1 amide bonds. The molecule has 3 aliphatic rings. The number of nitrogens with zero attached hydrogens (tertiary/aromatic N) is 2. The summed E-state index contributed by atoms with van der Waals surface area (Å²) < 4.78 is 30.8. The summed E-state index contributed by atoms with van der Waals surface area (Å²) in [4.78, 5) is 12.9. The highest BCUT2D eigenvalue weighted by atomic mass is 32.2. The number of nitrogens with one attached hydrogen (secondary N) is 2. The molecule has 31 heavy (non-hydrogen) atoms. The van der Waals surface area contributed by atoms with Crippen molar-refractivity contribution in [2.24, 2.45) is 0 Å². The molecule has 2 aromatic carbocycles. The first-order chi connectivity index (χ1) is 15.0. The van der Waals surface area contributed by atoms with E-state index >= 15 is 0 Å². The molecular formula is C23H22N4O3S. The number of rotatable bonds is 5. The molecule has 0 bridgehead atoms. The summed E-state index contributed by atoms with van der Waals surface area (Å²) >= 11 is 0. The molecule has 2 heterocycles. The molecule has 1 aliphatic heterocycles. The summed E-state index contributed by atoms with van der Waals surface area (Å²) in [6.07, 6.45) is 8.20. The van der Waals surface area contributed by atoms with Crippen molar-refractivity contribution >= 4 is 27.3 Å². The number of hydrogen-bond acceptors (Lipinski definition) is 4. The number of anilines is 2. The molecule has 158 valence electrons. The summed E-state index contributed by atoms with van der Waals surface area (Å²) in [7, 11) is -3.80. The summed E-state index contributed by atoms with van der Waals surface area (Å²) in [6, 6.07) is 12.2. The maximum atomic E-state index is 13.2. The van der Waals surface area contributed by atoms with E-state index in [9.17, 15) is 13.2 Å². The van der Waals surface area contributed by atoms with Crippen molar-refractivity contribution in [3.05, 3.63) is 66.0 Å². The van der Waals surface area contributed by atoms with Crippen molar-refractivity contribution in [2.45, 2.75) is 48.3 Å². The second-order valence-electron chi connectivity index (χ2n) is 8.71. The fourth-order valence-electron chi connectivity index (χ4n) is 4.77. The lowest BCUT2D eigenvalue weighted by Crippen LogP contribution is -2.40. The third kappa shape index (κ3) is 2.89. The predicted molar refractivity (Wildman–Crippen MR) is 117 cm³/mol. The maximum Gasteiger partial charge on any atom is 0.261 e. The van der Waals surface area contributed by atoms with Gasteiger partial charge in [-0.1, -0.05) is 12.5 Å². The number of fused-ring (bicyclic) bond motifs is 2. The molecular weight excluding hydrogens is 412 g/mol. The van der Waals surface area contributed by atoms with Crippen LogP contribution in [0.1, 0.15) is 49.1 Å². The lowest BCUT2D eigenvalue weighted by molar-refractivity contribution is -0.123. The van der Waals surface area contributed by atoms with Gasteiger partial charge in [-0.2, -0.15) is 5.10 Å². The molecule has 2 fully saturated rings. The minimum absolute atomic E-state index is 0.0579. The maximum absolute atomic E-state index is 13.2. The molecule has 8 heteroatoms. The van der Waals surface area contributed by atoms with Crippen molar-refractivity contribution < 1.29 is 13.2 Å². The van der Waals surface area contributed by atoms with Crippen LogP contribution in [0.3, 0.4) is 0 Å². The van der Waals surface area contributed by atoms with E-state index in [0.29, 0.717) is 17.3 Å². The first-order valence-electron chi connectivity index (χ1n) is 10.6. The second kappa shape index (κ2) is 6.43. The van der Waals surface area contributed by atoms with Gasteiger partial charge in [0.1, 0.15) is 0 Å². The van der Waals surface area contributed by atoms with Crippen molar-refractivity contribution in [3.8, 4) is 5.69 Å². The van der Waals surface area contributed by atoms with Crippen LogP contribution in [0.5, 0.6) is 0 Å². The smallest absolute Gasteiger partial charge is 0.261 e. The third-order valence-corrected chi connectivity index (χ3v) is 8.11. The number of benzene rings is 2. The van der Waals surface area contributed by atoms with E-state index in [2.05, 4.69) is 15.1 Å². The summed E-state index contributed by atoms with van der Waals surface area (Å²) in [5, 5.41) is 7.27. The second-order valence-corrected chi connectivity index (χ2v) is 10.4. The molecule has 0 radical (unpaired) electrons. The zero-order valence-electron chi connectivity index (χ0n) is 16.8. The highest BCUT2D eigenvalue weighted by Gasteiger charge is 2.52. The highest BCUT2D eigenvalue weighted by Crippen LogP contribution is 2.56. The van der Waals surface area contributed by atoms with Gasteiger partial charge in [-0.15, -0.1) is 0 Å². The summed E-state index contributed by atoms with van der Waals surface area (Å²) in [6.45, 7) is 0. The molecule has 1 spiro atoms. The topological polar surface area (TPSA) is 93.1 Å². The van der Waals surface area contributed by atoms with Crippen molar-refractivity contribution in [1.82, 2.24) is 9.78 Å². The van der Waals surface area contributed by atoms with Crippen LogP contribution in [0.25, 0.3) is 5.69 Å². The predicted octanol–water partition coefficient (Wildman–Crippen LogP) is 3.92. The number of carbonyl (C=O) groups excluding carboxylic acids is 1. The van der Waals surface area contributed by atoms with Crippen LogP contribution in [0.4, 0.5) is 11.4 Å². The fraction of sp³-hybridized carbons (Fsp3) is 0.304. The number of hydrogen-bond donors (Lipinski definition) is 2. The molecule has 3 aromatic rings. The number of amides is 1. The Morgan fingerprint density at radius 2 is 1.97 bits per heavy atom. The van der Waals surface area contributed by atoms with Crippen LogP contribution < -0.4 is 10.0 Å². The Balaban J connectivity index is 1.39. The Hall–Kier alpha value is -3.13. The van der Waals surface area contributed by atoms with E-state index in [1.165, 1.54) is 0 Å². The Kier molecular flexibility index (Phi) is 3.87. The van der Waals surface area contributed by atoms with E-state index in [1.807, 2.05) is 18.2 Å². The van der Waals surface area contributed by atoms with Gasteiger partial charge in [-0.05, 0) is 79.1 Å². The lowest BCUT2D eigenvalue weighted by Gasteiger charge is -2.36. The van der Waals surface area contributed by atoms with Gasteiger partial charge in [0.15, 0.2) is 0 Å². The summed E-state index contributed by atoms with van der Waals surface area (Å²) in [5.41, 5.74) is 3.63. The largest absolute Gasteiger partial charge is 0.325 e. The fourth-order valence-corrected chi connectivity index (χ4v) is 5.85. The Labute approximate surface area is 180 Å². The first-order valence-corrected chi connectivity index (χ1v) is 12.1. The Morgan fingerprint density at radius 3 is 2.65 bits per heavy atom. The van der Waals surface area contributed by atoms with Crippen LogP contribution in [0, 0.1) is 0 Å². The van der Waals surface area contributed by atoms with Crippen molar-refractivity contribution in [2.75, 3.05) is 10.0 Å². The van der Waals surface area contributed by atoms with Crippen molar-refractivity contribution in [3.63, 3.8) is 0 Å². The van der Waals surface area contributed by atoms with Gasteiger partial charge in [0.25, 0.3) is 10.0 Å². The minimum atomic E-state index is -3.80. The lowest BCUT2D eigenvalue weighted by atomic mass is 9.65.